The first-order valence-electron chi connectivity index (χ1n) is 4.73. The van der Waals surface area contributed by atoms with E-state index >= 15 is 0 Å². The summed E-state index contributed by atoms with van der Waals surface area (Å²) in [6.07, 6.45) is 0. The third-order valence-corrected chi connectivity index (χ3v) is 2.95. The van der Waals surface area contributed by atoms with Gasteiger partial charge in [-0.1, -0.05) is 20.8 Å². The average Bonchev–Trinajstić information content (AvgIpc) is 1.99. The summed E-state index contributed by atoms with van der Waals surface area (Å²) in [6.45, 7) is 7.88. The van der Waals surface area contributed by atoms with Gasteiger partial charge in [0, 0.05) is 9.64 Å². The molecule has 80 valence electrons. The van der Waals surface area contributed by atoms with Crippen molar-refractivity contribution in [3.63, 3.8) is 0 Å². The van der Waals surface area contributed by atoms with Gasteiger partial charge in [0.2, 0.25) is 0 Å². The second kappa shape index (κ2) is 4.24. The number of benzene rings is 1. The lowest BCUT2D eigenvalue weighted by Crippen LogP contribution is -2.07. The molecule has 0 atom stereocenters. The average molecular weight is 223 g/mol. The van der Waals surface area contributed by atoms with Crippen LogP contribution in [-0.4, -0.2) is 4.75 Å². The van der Waals surface area contributed by atoms with Crippen molar-refractivity contribution in [2.24, 2.45) is 0 Å². The number of aryl methyl sites for hydroxylation is 1. The van der Waals surface area contributed by atoms with E-state index in [1.54, 1.807) is 6.92 Å². The van der Waals surface area contributed by atoms with Gasteiger partial charge in [0.25, 0.3) is 0 Å². The summed E-state index contributed by atoms with van der Waals surface area (Å²) >= 11 is 1.52. The molecule has 1 rings (SSSR count). The Bertz CT molecular complexity index is 413. The van der Waals surface area contributed by atoms with Crippen LogP contribution in [0.2, 0.25) is 0 Å². The standard InChI is InChI=1S/C12H14FNS/c1-8-5-9(13)6-11(10(8)7-14)15-12(2,3)4/h5-6H,1-4H3. The first-order chi connectivity index (χ1) is 6.83. The Morgan fingerprint density at radius 3 is 2.40 bits per heavy atom. The van der Waals surface area contributed by atoms with Crippen molar-refractivity contribution in [3.8, 4) is 6.07 Å². The smallest absolute Gasteiger partial charge is 0.124 e. The topological polar surface area (TPSA) is 23.8 Å². The monoisotopic (exact) mass is 223 g/mol. The summed E-state index contributed by atoms with van der Waals surface area (Å²) in [5.41, 5.74) is 1.28. The normalized spacial score (nSPS) is 11.2. The van der Waals surface area contributed by atoms with Gasteiger partial charge in [-0.15, -0.1) is 11.8 Å². The highest BCUT2D eigenvalue weighted by Crippen LogP contribution is 2.35. The van der Waals surface area contributed by atoms with Crippen LogP contribution in [0.15, 0.2) is 17.0 Å². The number of nitriles is 1. The maximum atomic E-state index is 13.2. The quantitative estimate of drug-likeness (QED) is 0.674. The molecule has 15 heavy (non-hydrogen) atoms. The Morgan fingerprint density at radius 1 is 1.33 bits per heavy atom. The molecule has 0 radical (unpaired) electrons. The van der Waals surface area contributed by atoms with E-state index in [4.69, 9.17) is 5.26 Å². The Labute approximate surface area is 94.3 Å². The molecule has 1 nitrogen and oxygen atoms in total. The predicted octanol–water partition coefficient (Wildman–Crippen LogP) is 3.90. The molecule has 0 N–H and O–H groups in total. The van der Waals surface area contributed by atoms with Crippen LogP contribution in [-0.2, 0) is 0 Å². The number of hydrogen-bond acceptors (Lipinski definition) is 2. The number of thioether (sulfide) groups is 1. The van der Waals surface area contributed by atoms with Gasteiger partial charge in [-0.3, -0.25) is 0 Å². The van der Waals surface area contributed by atoms with Crippen molar-refractivity contribution in [1.29, 1.82) is 5.26 Å². The van der Waals surface area contributed by atoms with E-state index < -0.39 is 0 Å². The Hall–Kier alpha value is -1.01. The van der Waals surface area contributed by atoms with Crippen molar-refractivity contribution in [3.05, 3.63) is 29.1 Å². The SMILES string of the molecule is Cc1cc(F)cc(SC(C)(C)C)c1C#N. The highest BCUT2D eigenvalue weighted by atomic mass is 32.2. The minimum absolute atomic E-state index is 0.0220. The zero-order valence-corrected chi connectivity index (χ0v) is 10.2. The molecule has 0 unspecified atom stereocenters. The van der Waals surface area contributed by atoms with Gasteiger partial charge in [-0.05, 0) is 24.6 Å². The van der Waals surface area contributed by atoms with E-state index in [-0.39, 0.29) is 10.6 Å². The lowest BCUT2D eigenvalue weighted by Gasteiger charge is -2.19. The van der Waals surface area contributed by atoms with E-state index in [0.717, 1.165) is 4.90 Å². The van der Waals surface area contributed by atoms with Crippen LogP contribution in [0.25, 0.3) is 0 Å². The zero-order chi connectivity index (χ0) is 11.6. The van der Waals surface area contributed by atoms with Crippen LogP contribution in [0.3, 0.4) is 0 Å². The Morgan fingerprint density at radius 2 is 1.93 bits per heavy atom. The van der Waals surface area contributed by atoms with Gasteiger partial charge in [0.15, 0.2) is 0 Å². The minimum atomic E-state index is -0.279. The summed E-state index contributed by atoms with van der Waals surface area (Å²) in [6, 6.07) is 4.95. The van der Waals surface area contributed by atoms with Gasteiger partial charge in [-0.25, -0.2) is 4.39 Å². The fraction of sp³-hybridized carbons (Fsp3) is 0.417. The molecule has 0 aliphatic carbocycles. The van der Waals surface area contributed by atoms with Crippen LogP contribution >= 0.6 is 11.8 Å². The predicted molar refractivity (Wildman–Crippen MR) is 61.5 cm³/mol. The van der Waals surface area contributed by atoms with Crippen molar-refractivity contribution in [1.82, 2.24) is 0 Å². The molecule has 0 spiro atoms. The number of nitrogens with zero attached hydrogens (tertiary/aromatic N) is 1. The fourth-order valence-electron chi connectivity index (χ4n) is 1.27. The summed E-state index contributed by atoms with van der Waals surface area (Å²) in [5, 5.41) is 9.00. The van der Waals surface area contributed by atoms with Crippen LogP contribution in [0.1, 0.15) is 31.9 Å². The van der Waals surface area contributed by atoms with Crippen LogP contribution in [0.5, 0.6) is 0 Å². The maximum Gasteiger partial charge on any atom is 0.124 e. The molecule has 0 aliphatic rings. The molecule has 0 saturated carbocycles. The fourth-order valence-corrected chi connectivity index (χ4v) is 2.41. The van der Waals surface area contributed by atoms with Crippen molar-refractivity contribution in [2.75, 3.05) is 0 Å². The van der Waals surface area contributed by atoms with Gasteiger partial charge in [0.05, 0.1) is 5.56 Å². The molecule has 1 aromatic rings. The van der Waals surface area contributed by atoms with E-state index in [2.05, 4.69) is 6.07 Å². The first-order valence-corrected chi connectivity index (χ1v) is 5.54. The highest BCUT2D eigenvalue weighted by molar-refractivity contribution is 8.00. The van der Waals surface area contributed by atoms with Gasteiger partial charge in [-0.2, -0.15) is 5.26 Å². The Kier molecular flexibility index (Phi) is 3.41. The highest BCUT2D eigenvalue weighted by Gasteiger charge is 2.16. The molecular formula is C12H14FNS. The molecule has 0 saturated heterocycles. The summed E-state index contributed by atoms with van der Waals surface area (Å²) in [7, 11) is 0. The molecule has 0 aliphatic heterocycles. The lowest BCUT2D eigenvalue weighted by molar-refractivity contribution is 0.622. The van der Waals surface area contributed by atoms with E-state index in [1.165, 1.54) is 23.9 Å². The molecule has 0 amide bonds. The molecular weight excluding hydrogens is 209 g/mol. The van der Waals surface area contributed by atoms with Crippen LogP contribution < -0.4 is 0 Å². The molecule has 0 aromatic heterocycles. The molecule has 0 bridgehead atoms. The molecule has 0 fully saturated rings. The largest absolute Gasteiger partial charge is 0.207 e. The van der Waals surface area contributed by atoms with Gasteiger partial charge < -0.3 is 0 Å². The second-order valence-corrected chi connectivity index (χ2v) is 6.29. The third-order valence-electron chi connectivity index (χ3n) is 1.79. The molecule has 0 heterocycles. The summed E-state index contributed by atoms with van der Waals surface area (Å²) < 4.78 is 13.2. The van der Waals surface area contributed by atoms with Crippen molar-refractivity contribution in [2.45, 2.75) is 37.3 Å². The number of hydrogen-bond donors (Lipinski definition) is 0. The maximum absolute atomic E-state index is 13.2. The number of halogens is 1. The summed E-state index contributed by atoms with van der Waals surface area (Å²) in [5.74, 6) is -0.279. The van der Waals surface area contributed by atoms with Crippen molar-refractivity contribution < 1.29 is 4.39 Å². The van der Waals surface area contributed by atoms with Crippen LogP contribution in [0, 0.1) is 24.1 Å². The van der Waals surface area contributed by atoms with Crippen LogP contribution in [0.4, 0.5) is 4.39 Å². The third kappa shape index (κ3) is 3.24. The number of rotatable bonds is 1. The molecule has 3 heteroatoms. The van der Waals surface area contributed by atoms with E-state index in [0.29, 0.717) is 11.1 Å². The van der Waals surface area contributed by atoms with E-state index in [1.807, 2.05) is 20.8 Å². The zero-order valence-electron chi connectivity index (χ0n) is 9.39. The first kappa shape index (κ1) is 12.1. The van der Waals surface area contributed by atoms with Gasteiger partial charge in [0.1, 0.15) is 11.9 Å². The van der Waals surface area contributed by atoms with Crippen molar-refractivity contribution >= 4 is 11.8 Å². The summed E-state index contributed by atoms with van der Waals surface area (Å²) in [4.78, 5) is 0.725. The minimum Gasteiger partial charge on any atom is -0.207 e. The second-order valence-electron chi connectivity index (χ2n) is 4.42. The lowest BCUT2D eigenvalue weighted by atomic mass is 10.1. The molecule has 1 aromatic carbocycles. The van der Waals surface area contributed by atoms with E-state index in [9.17, 15) is 4.39 Å². The van der Waals surface area contributed by atoms with Gasteiger partial charge >= 0.3 is 0 Å². The Balaban J connectivity index is 3.23.